The summed E-state index contributed by atoms with van der Waals surface area (Å²) >= 11 is 1.38. The molecule has 3 aromatic rings. The molecule has 2 aromatic carbocycles. The van der Waals surface area contributed by atoms with Crippen molar-refractivity contribution >= 4 is 69.8 Å². The number of hydrogen-bond acceptors (Lipinski definition) is 11. The first-order valence-corrected chi connectivity index (χ1v) is 17.9. The van der Waals surface area contributed by atoms with Crippen LogP contribution < -0.4 is 32.5 Å². The van der Waals surface area contributed by atoms with Crippen LogP contribution >= 0.6 is 11.8 Å². The van der Waals surface area contributed by atoms with Gasteiger partial charge in [-0.15, -0.1) is 0 Å². The number of anilines is 1. The Labute approximate surface area is 309 Å². The van der Waals surface area contributed by atoms with Gasteiger partial charge in [-0.3, -0.25) is 33.6 Å². The van der Waals surface area contributed by atoms with Gasteiger partial charge in [0, 0.05) is 16.6 Å². The molecule has 53 heavy (non-hydrogen) atoms. The number of carboxylic acid groups (broad SMARTS) is 1. The largest absolute Gasteiger partial charge is 0.481 e. The van der Waals surface area contributed by atoms with Gasteiger partial charge in [0.2, 0.25) is 29.4 Å². The number of para-hydroxylation sites is 2. The Kier molecular flexibility index (Phi) is 15.8. The Bertz CT molecular complexity index is 1780. The summed E-state index contributed by atoms with van der Waals surface area (Å²) in [5, 5.41) is 19.9. The highest BCUT2D eigenvalue weighted by atomic mass is 32.2. The third-order valence-electron chi connectivity index (χ3n) is 7.35. The van der Waals surface area contributed by atoms with E-state index in [9.17, 15) is 38.7 Å². The monoisotopic (exact) mass is 755 g/mol. The Morgan fingerprint density at radius 2 is 1.57 bits per heavy atom. The minimum Gasteiger partial charge on any atom is -0.481 e. The minimum absolute atomic E-state index is 0.0945. The number of benzene rings is 2. The molecule has 0 spiro atoms. The number of aromatic nitrogens is 1. The van der Waals surface area contributed by atoms with Crippen molar-refractivity contribution in [2.75, 3.05) is 30.5 Å². The number of rotatable bonds is 19. The fourth-order valence-electron chi connectivity index (χ4n) is 4.95. The van der Waals surface area contributed by atoms with E-state index in [0.717, 1.165) is 0 Å². The van der Waals surface area contributed by atoms with Crippen LogP contribution in [0.1, 0.15) is 49.7 Å². The lowest BCUT2D eigenvalue weighted by Gasteiger charge is -2.23. The van der Waals surface area contributed by atoms with Gasteiger partial charge in [0.1, 0.15) is 24.3 Å². The van der Waals surface area contributed by atoms with Crippen LogP contribution in [0, 0.1) is 0 Å². The van der Waals surface area contributed by atoms with Crippen LogP contribution in [-0.4, -0.2) is 100 Å². The zero-order chi connectivity index (χ0) is 39.1. The van der Waals surface area contributed by atoms with Crippen molar-refractivity contribution in [3.8, 4) is 0 Å². The van der Waals surface area contributed by atoms with Crippen molar-refractivity contribution in [1.29, 1.82) is 0 Å². The molecule has 1 aromatic heterocycles. The highest BCUT2D eigenvalue weighted by molar-refractivity contribution is 7.98. The van der Waals surface area contributed by atoms with Gasteiger partial charge >= 0.3 is 12.1 Å². The van der Waals surface area contributed by atoms with E-state index in [1.165, 1.54) is 11.8 Å². The molecule has 17 nitrogen and oxygen atoms in total. The summed E-state index contributed by atoms with van der Waals surface area (Å²) in [6.07, 6.45) is 0.0520. The van der Waals surface area contributed by atoms with E-state index in [1.807, 2.05) is 0 Å². The minimum atomic E-state index is -1.57. The lowest BCUT2D eigenvalue weighted by molar-refractivity contribution is -0.141. The standard InChI is InChI=1S/C35H45N7O10S/c1-35(2,3)52-34(50)42-51-19-27(43)30-22(21-12-8-9-13-24(21)39-30)16-23(36)31(47)40-25(14-15-53-4)33(49)41-26(17-29(45)46)32(48)37-18-28(44)38-20-10-6-5-7-11-20/h5-13,23,25-26,39H,14-19,36H2,1-4H3,(H,37,48)(H,38,44)(H,40,47)(H,41,49)(H,42,50)(H,45,46)/t23-,25-,26-/m0/s1. The molecule has 3 atom stereocenters. The van der Waals surface area contributed by atoms with Crippen molar-refractivity contribution in [3.63, 3.8) is 0 Å². The molecule has 1 heterocycles. The van der Waals surface area contributed by atoms with Crippen LogP contribution in [0.2, 0.25) is 0 Å². The average Bonchev–Trinajstić information content (AvgIpc) is 3.46. The quantitative estimate of drug-likeness (QED) is 0.0642. The van der Waals surface area contributed by atoms with E-state index in [1.54, 1.807) is 81.6 Å². The van der Waals surface area contributed by atoms with Crippen molar-refractivity contribution in [2.45, 2.75) is 63.8 Å². The molecule has 0 saturated carbocycles. The second-order valence-electron chi connectivity index (χ2n) is 12.8. The van der Waals surface area contributed by atoms with E-state index >= 15 is 0 Å². The Hall–Kier alpha value is -5.46. The zero-order valence-electron chi connectivity index (χ0n) is 29.8. The molecule has 5 amide bonds. The number of carboxylic acids is 1. The summed E-state index contributed by atoms with van der Waals surface area (Å²) in [5.41, 5.74) is 9.15. The van der Waals surface area contributed by atoms with E-state index in [2.05, 4.69) is 31.7 Å². The van der Waals surface area contributed by atoms with Crippen molar-refractivity contribution in [1.82, 2.24) is 26.4 Å². The number of amides is 5. The first-order valence-electron chi connectivity index (χ1n) is 16.5. The van der Waals surface area contributed by atoms with E-state index in [0.29, 0.717) is 27.9 Å². The van der Waals surface area contributed by atoms with Crippen LogP contribution in [0.5, 0.6) is 0 Å². The fourth-order valence-corrected chi connectivity index (χ4v) is 5.42. The van der Waals surface area contributed by atoms with Gasteiger partial charge in [-0.25, -0.2) is 4.79 Å². The van der Waals surface area contributed by atoms with Crippen molar-refractivity contribution < 1.29 is 48.2 Å². The number of carbonyl (C=O) groups excluding carboxylic acids is 6. The van der Waals surface area contributed by atoms with Crippen LogP contribution in [0.15, 0.2) is 54.6 Å². The summed E-state index contributed by atoms with van der Waals surface area (Å²) < 4.78 is 5.09. The van der Waals surface area contributed by atoms with Gasteiger partial charge in [0.05, 0.1) is 24.7 Å². The molecule has 18 heteroatoms. The first-order chi connectivity index (χ1) is 25.1. The van der Waals surface area contributed by atoms with Gasteiger partial charge in [0.25, 0.3) is 0 Å². The van der Waals surface area contributed by atoms with Gasteiger partial charge in [-0.05, 0) is 69.4 Å². The number of ether oxygens (including phenoxy) is 1. The molecular weight excluding hydrogens is 710 g/mol. The third-order valence-corrected chi connectivity index (χ3v) is 7.99. The second kappa shape index (κ2) is 20.0. The Morgan fingerprint density at radius 1 is 0.906 bits per heavy atom. The first kappa shape index (κ1) is 42.0. The van der Waals surface area contributed by atoms with Gasteiger partial charge in [0.15, 0.2) is 0 Å². The molecule has 286 valence electrons. The predicted molar refractivity (Wildman–Crippen MR) is 197 cm³/mol. The number of thioether (sulfide) groups is 1. The normalized spacial score (nSPS) is 12.8. The van der Waals surface area contributed by atoms with Crippen LogP contribution in [0.3, 0.4) is 0 Å². The van der Waals surface area contributed by atoms with E-state index in [-0.39, 0.29) is 18.5 Å². The lowest BCUT2D eigenvalue weighted by atomic mass is 10.00. The molecule has 0 aliphatic rings. The maximum atomic E-state index is 13.4. The maximum Gasteiger partial charge on any atom is 0.431 e. The van der Waals surface area contributed by atoms with Crippen LogP contribution in [-0.2, 0) is 40.0 Å². The lowest BCUT2D eigenvalue weighted by Crippen LogP contribution is -2.56. The number of H-pyrrole nitrogens is 1. The number of aliphatic carboxylic acids is 1. The molecule has 0 unspecified atom stereocenters. The Balaban J connectivity index is 1.69. The highest BCUT2D eigenvalue weighted by Gasteiger charge is 2.30. The van der Waals surface area contributed by atoms with E-state index in [4.69, 9.17) is 15.3 Å². The number of hydrogen-bond donors (Lipinski definition) is 8. The number of nitrogens with two attached hydrogens (primary N) is 1. The molecule has 0 saturated heterocycles. The second-order valence-corrected chi connectivity index (χ2v) is 13.8. The van der Waals surface area contributed by atoms with Gasteiger partial charge in [-0.1, -0.05) is 36.4 Å². The molecular formula is C35H45N7O10S. The number of nitrogens with one attached hydrogen (secondary N) is 6. The molecule has 0 aliphatic heterocycles. The summed E-state index contributed by atoms with van der Waals surface area (Å²) in [5.74, 6) is -4.63. The van der Waals surface area contributed by atoms with E-state index < -0.39 is 84.8 Å². The summed E-state index contributed by atoms with van der Waals surface area (Å²) in [6.45, 7) is 3.93. The molecule has 0 aliphatic carbocycles. The number of carbonyl (C=O) groups is 7. The van der Waals surface area contributed by atoms with Crippen molar-refractivity contribution in [3.05, 3.63) is 65.9 Å². The summed E-state index contributed by atoms with van der Waals surface area (Å²) in [6, 6.07) is 11.3. The van der Waals surface area contributed by atoms with Crippen LogP contribution in [0.4, 0.5) is 10.5 Å². The Morgan fingerprint density at radius 3 is 2.23 bits per heavy atom. The number of Topliss-reactive ketones (excluding diaryl/α,β-unsaturated/α-hetero) is 1. The predicted octanol–water partition coefficient (Wildman–Crippen LogP) is 1.63. The number of ketones is 1. The summed E-state index contributed by atoms with van der Waals surface area (Å²) in [4.78, 5) is 96.9. The number of hydroxylamine groups is 1. The van der Waals surface area contributed by atoms with Crippen LogP contribution in [0.25, 0.3) is 10.9 Å². The number of aromatic amines is 1. The molecule has 0 bridgehead atoms. The average molecular weight is 756 g/mol. The third kappa shape index (κ3) is 13.9. The molecule has 9 N–H and O–H groups in total. The SMILES string of the molecule is CSCC[C@H](NC(=O)[C@@H](N)Cc1c(C(=O)CONC(=O)OC(C)(C)C)[nH]c2ccccc12)C(=O)N[C@@H](CC(=O)O)C(=O)NCC(=O)Nc1ccccc1. The van der Waals surface area contributed by atoms with Gasteiger partial charge in [-0.2, -0.15) is 17.2 Å². The zero-order valence-corrected chi connectivity index (χ0v) is 30.6. The molecule has 3 rings (SSSR count). The maximum absolute atomic E-state index is 13.4. The fraction of sp³-hybridized carbons (Fsp3) is 0.400. The summed E-state index contributed by atoms with van der Waals surface area (Å²) in [7, 11) is 0. The topological polar surface area (TPSA) is 260 Å². The van der Waals surface area contributed by atoms with Crippen molar-refractivity contribution in [2.24, 2.45) is 5.73 Å². The molecule has 0 fully saturated rings. The smallest absolute Gasteiger partial charge is 0.431 e. The highest BCUT2D eigenvalue weighted by Crippen LogP contribution is 2.24. The van der Waals surface area contributed by atoms with Gasteiger partial charge < -0.3 is 41.8 Å². The molecule has 0 radical (unpaired) electrons. The number of fused-ring (bicyclic) bond motifs is 1.